The minimum Gasteiger partial charge on any atom is -0.293 e. The van der Waals surface area contributed by atoms with Gasteiger partial charge in [-0.3, -0.25) is 4.79 Å². The minimum atomic E-state index is -3.68. The topological polar surface area (TPSA) is 63.2 Å². The molecule has 0 unspecified atom stereocenters. The SMILES string of the molecule is O=C(CNS(=O)(=O)c1ccc(Cl)s1)c1ccccc1. The van der Waals surface area contributed by atoms with Crippen molar-refractivity contribution in [2.75, 3.05) is 6.54 Å². The summed E-state index contributed by atoms with van der Waals surface area (Å²) in [7, 11) is -3.68. The lowest BCUT2D eigenvalue weighted by molar-refractivity contribution is 0.0997. The number of carbonyl (C=O) groups excluding carboxylic acids is 1. The van der Waals surface area contributed by atoms with Crippen molar-refractivity contribution in [3.05, 3.63) is 52.4 Å². The molecular weight excluding hydrogens is 306 g/mol. The lowest BCUT2D eigenvalue weighted by Crippen LogP contribution is -2.29. The van der Waals surface area contributed by atoms with E-state index in [1.54, 1.807) is 30.3 Å². The lowest BCUT2D eigenvalue weighted by atomic mass is 10.1. The summed E-state index contributed by atoms with van der Waals surface area (Å²) in [6.45, 7) is -0.276. The van der Waals surface area contributed by atoms with Crippen LogP contribution in [0.4, 0.5) is 0 Å². The van der Waals surface area contributed by atoms with Gasteiger partial charge >= 0.3 is 0 Å². The normalized spacial score (nSPS) is 11.4. The summed E-state index contributed by atoms with van der Waals surface area (Å²) >= 11 is 6.63. The number of Topliss-reactive ketones (excluding diaryl/α,β-unsaturated/α-hetero) is 1. The highest BCUT2D eigenvalue weighted by Crippen LogP contribution is 2.25. The molecule has 1 heterocycles. The highest BCUT2D eigenvalue weighted by Gasteiger charge is 2.18. The van der Waals surface area contributed by atoms with Crippen molar-refractivity contribution in [2.45, 2.75) is 4.21 Å². The van der Waals surface area contributed by atoms with Crippen molar-refractivity contribution in [3.63, 3.8) is 0 Å². The maximum absolute atomic E-state index is 11.9. The molecule has 19 heavy (non-hydrogen) atoms. The Kier molecular flexibility index (Phi) is 4.36. The van der Waals surface area contributed by atoms with Gasteiger partial charge in [-0.1, -0.05) is 41.9 Å². The molecule has 0 aliphatic carbocycles. The van der Waals surface area contributed by atoms with Gasteiger partial charge in [0.25, 0.3) is 10.0 Å². The van der Waals surface area contributed by atoms with Crippen molar-refractivity contribution in [1.82, 2.24) is 4.72 Å². The summed E-state index contributed by atoms with van der Waals surface area (Å²) in [5.41, 5.74) is 0.467. The molecule has 0 radical (unpaired) electrons. The van der Waals surface area contributed by atoms with Crippen LogP contribution in [-0.4, -0.2) is 20.7 Å². The van der Waals surface area contributed by atoms with Crippen LogP contribution < -0.4 is 4.72 Å². The predicted molar refractivity (Wildman–Crippen MR) is 75.3 cm³/mol. The van der Waals surface area contributed by atoms with E-state index in [2.05, 4.69) is 4.72 Å². The Balaban J connectivity index is 2.05. The van der Waals surface area contributed by atoms with Crippen molar-refractivity contribution in [3.8, 4) is 0 Å². The van der Waals surface area contributed by atoms with E-state index in [1.807, 2.05) is 0 Å². The summed E-state index contributed by atoms with van der Waals surface area (Å²) in [5.74, 6) is -0.285. The first-order valence-electron chi connectivity index (χ1n) is 5.32. The summed E-state index contributed by atoms with van der Waals surface area (Å²) in [4.78, 5) is 11.8. The van der Waals surface area contributed by atoms with Crippen molar-refractivity contribution in [1.29, 1.82) is 0 Å². The third-order valence-corrected chi connectivity index (χ3v) is 5.46. The lowest BCUT2D eigenvalue weighted by Gasteiger charge is -2.04. The maximum Gasteiger partial charge on any atom is 0.250 e. The molecule has 0 aliphatic heterocycles. The molecule has 0 atom stereocenters. The van der Waals surface area contributed by atoms with E-state index in [1.165, 1.54) is 12.1 Å². The van der Waals surface area contributed by atoms with Crippen molar-refractivity contribution in [2.24, 2.45) is 0 Å². The molecule has 4 nitrogen and oxygen atoms in total. The maximum atomic E-state index is 11.9. The minimum absolute atomic E-state index is 0.0957. The molecule has 7 heteroatoms. The van der Waals surface area contributed by atoms with E-state index in [-0.39, 0.29) is 16.5 Å². The number of carbonyl (C=O) groups is 1. The molecule has 100 valence electrons. The van der Waals surface area contributed by atoms with Crippen molar-refractivity contribution < 1.29 is 13.2 Å². The Labute approximate surface area is 120 Å². The summed E-state index contributed by atoms with van der Waals surface area (Å²) in [5, 5.41) is 0. The van der Waals surface area contributed by atoms with Gasteiger partial charge in [0.15, 0.2) is 5.78 Å². The number of sulfonamides is 1. The molecule has 1 aromatic heterocycles. The third kappa shape index (κ3) is 3.63. The molecular formula is C12H10ClNO3S2. The zero-order valence-electron chi connectivity index (χ0n) is 9.67. The number of nitrogens with one attached hydrogen (secondary N) is 1. The average molecular weight is 316 g/mol. The second kappa shape index (κ2) is 5.83. The first kappa shape index (κ1) is 14.2. The Morgan fingerprint density at radius 2 is 1.84 bits per heavy atom. The van der Waals surface area contributed by atoms with Crippen LogP contribution >= 0.6 is 22.9 Å². The largest absolute Gasteiger partial charge is 0.293 e. The summed E-state index contributed by atoms with van der Waals surface area (Å²) < 4.78 is 26.5. The monoisotopic (exact) mass is 315 g/mol. The number of ketones is 1. The standard InChI is InChI=1S/C12H10ClNO3S2/c13-11-6-7-12(18-11)19(16,17)14-8-10(15)9-4-2-1-3-5-9/h1-7,14H,8H2. The Morgan fingerprint density at radius 1 is 1.16 bits per heavy atom. The molecule has 0 aliphatic rings. The van der Waals surface area contributed by atoms with Gasteiger partial charge in [0, 0.05) is 5.56 Å². The molecule has 0 fully saturated rings. The smallest absolute Gasteiger partial charge is 0.250 e. The van der Waals surface area contributed by atoms with Gasteiger partial charge < -0.3 is 0 Å². The molecule has 2 rings (SSSR count). The molecule has 0 saturated carbocycles. The van der Waals surface area contributed by atoms with Crippen LogP contribution in [0.5, 0.6) is 0 Å². The molecule has 0 saturated heterocycles. The van der Waals surface area contributed by atoms with E-state index < -0.39 is 10.0 Å². The Bertz CT molecular complexity index is 680. The number of rotatable bonds is 5. The van der Waals surface area contributed by atoms with Crippen LogP contribution in [0.15, 0.2) is 46.7 Å². The van der Waals surface area contributed by atoms with Gasteiger partial charge in [0.2, 0.25) is 0 Å². The van der Waals surface area contributed by atoms with E-state index in [0.717, 1.165) is 11.3 Å². The summed E-state index contributed by atoms with van der Waals surface area (Å²) in [6.07, 6.45) is 0. The molecule has 0 spiro atoms. The number of thiophene rings is 1. The highest BCUT2D eigenvalue weighted by molar-refractivity contribution is 7.91. The number of hydrogen-bond acceptors (Lipinski definition) is 4. The molecule has 1 N–H and O–H groups in total. The number of benzene rings is 1. The van der Waals surface area contributed by atoms with Crippen LogP contribution in [0.25, 0.3) is 0 Å². The third-order valence-electron chi connectivity index (χ3n) is 2.33. The summed E-state index contributed by atoms with van der Waals surface area (Å²) in [6, 6.07) is 11.4. The van der Waals surface area contributed by atoms with Gasteiger partial charge in [-0.15, -0.1) is 11.3 Å². The van der Waals surface area contributed by atoms with Gasteiger partial charge in [0.05, 0.1) is 10.9 Å². The van der Waals surface area contributed by atoms with Gasteiger partial charge in [-0.05, 0) is 12.1 Å². The van der Waals surface area contributed by atoms with Gasteiger partial charge in [-0.25, -0.2) is 13.1 Å². The fraction of sp³-hybridized carbons (Fsp3) is 0.0833. The Hall–Kier alpha value is -1.21. The van der Waals surface area contributed by atoms with E-state index in [9.17, 15) is 13.2 Å². The highest BCUT2D eigenvalue weighted by atomic mass is 35.5. The molecule has 0 bridgehead atoms. The second-order valence-electron chi connectivity index (χ2n) is 3.67. The van der Waals surface area contributed by atoms with Crippen molar-refractivity contribution >= 4 is 38.7 Å². The van der Waals surface area contributed by atoms with E-state index in [4.69, 9.17) is 11.6 Å². The predicted octanol–water partition coefficient (Wildman–Crippen LogP) is 2.56. The van der Waals surface area contributed by atoms with Crippen LogP contribution in [0.2, 0.25) is 4.34 Å². The fourth-order valence-electron chi connectivity index (χ4n) is 1.40. The fourth-order valence-corrected chi connectivity index (χ4v) is 3.91. The zero-order chi connectivity index (χ0) is 13.9. The average Bonchev–Trinajstić information content (AvgIpc) is 2.85. The Morgan fingerprint density at radius 3 is 2.42 bits per heavy atom. The molecule has 1 aromatic carbocycles. The molecule has 2 aromatic rings. The number of halogens is 1. The van der Waals surface area contributed by atoms with Crippen LogP contribution in [0, 0.1) is 0 Å². The van der Waals surface area contributed by atoms with Gasteiger partial charge in [-0.2, -0.15) is 0 Å². The van der Waals surface area contributed by atoms with Crippen LogP contribution in [-0.2, 0) is 10.0 Å². The van der Waals surface area contributed by atoms with Crippen LogP contribution in [0.3, 0.4) is 0 Å². The first-order valence-corrected chi connectivity index (χ1v) is 8.00. The first-order chi connectivity index (χ1) is 8.99. The molecule has 0 amide bonds. The van der Waals surface area contributed by atoms with E-state index >= 15 is 0 Å². The quantitative estimate of drug-likeness (QED) is 0.863. The zero-order valence-corrected chi connectivity index (χ0v) is 12.1. The van der Waals surface area contributed by atoms with Crippen LogP contribution in [0.1, 0.15) is 10.4 Å². The second-order valence-corrected chi connectivity index (χ2v) is 7.38. The van der Waals surface area contributed by atoms with E-state index in [0.29, 0.717) is 9.90 Å². The van der Waals surface area contributed by atoms with Gasteiger partial charge in [0.1, 0.15) is 4.21 Å². The number of hydrogen-bond donors (Lipinski definition) is 1.